The van der Waals surface area contributed by atoms with E-state index in [0.29, 0.717) is 16.4 Å². The molecule has 134 valence electrons. The smallest absolute Gasteiger partial charge is 0.363 e. The highest BCUT2D eigenvalue weighted by Crippen LogP contribution is 2.28. The third-order valence-corrected chi connectivity index (χ3v) is 4.93. The van der Waals surface area contributed by atoms with Crippen LogP contribution in [0.3, 0.4) is 0 Å². The van der Waals surface area contributed by atoms with Crippen LogP contribution in [0.25, 0.3) is 11.8 Å². The summed E-state index contributed by atoms with van der Waals surface area (Å²) in [5, 5.41) is 4.88. The van der Waals surface area contributed by atoms with Gasteiger partial charge in [0.25, 0.3) is 0 Å². The van der Waals surface area contributed by atoms with Crippen LogP contribution in [0.4, 0.5) is 0 Å². The lowest BCUT2D eigenvalue weighted by molar-refractivity contribution is -0.129. The van der Waals surface area contributed by atoms with Crippen LogP contribution in [0, 0.1) is 6.92 Å². The maximum absolute atomic E-state index is 12.2. The number of carbonyl (C=O) groups is 1. The monoisotopic (exact) mass is 441 g/mol. The second-order valence-electron chi connectivity index (χ2n) is 5.88. The lowest BCUT2D eigenvalue weighted by Crippen LogP contribution is -2.05. The Hall–Kier alpha value is -2.70. The molecule has 1 aromatic heterocycles. The van der Waals surface area contributed by atoms with Gasteiger partial charge in [0.2, 0.25) is 5.90 Å². The Morgan fingerprint density at radius 2 is 1.81 bits per heavy atom. The molecule has 0 unspecified atom stereocenters. The van der Waals surface area contributed by atoms with Gasteiger partial charge in [0.1, 0.15) is 5.15 Å². The number of cyclic esters (lactones) is 1. The van der Waals surface area contributed by atoms with E-state index in [1.807, 2.05) is 61.5 Å². The van der Waals surface area contributed by atoms with Crippen LogP contribution in [0.1, 0.15) is 16.8 Å². The van der Waals surface area contributed by atoms with E-state index < -0.39 is 5.97 Å². The van der Waals surface area contributed by atoms with Crippen molar-refractivity contribution in [2.24, 2.45) is 4.99 Å². The van der Waals surface area contributed by atoms with Crippen molar-refractivity contribution >= 4 is 45.5 Å². The summed E-state index contributed by atoms with van der Waals surface area (Å²) in [4.78, 5) is 16.6. The summed E-state index contributed by atoms with van der Waals surface area (Å²) in [6, 6.07) is 16.9. The van der Waals surface area contributed by atoms with E-state index in [1.165, 1.54) is 0 Å². The molecular weight excluding hydrogens is 430 g/mol. The first kappa shape index (κ1) is 17.7. The summed E-state index contributed by atoms with van der Waals surface area (Å²) in [7, 11) is 0. The average Bonchev–Trinajstić information content (AvgIpc) is 3.18. The summed E-state index contributed by atoms with van der Waals surface area (Å²) in [6.45, 7) is 1.83. The maximum Gasteiger partial charge on any atom is 0.363 e. The van der Waals surface area contributed by atoms with Crippen LogP contribution < -0.4 is 0 Å². The molecule has 0 aliphatic carbocycles. The van der Waals surface area contributed by atoms with Crippen LogP contribution in [0.2, 0.25) is 5.15 Å². The Morgan fingerprint density at radius 3 is 2.52 bits per heavy atom. The number of hydrogen-bond donors (Lipinski definition) is 0. The van der Waals surface area contributed by atoms with Crippen molar-refractivity contribution in [3.05, 3.63) is 86.7 Å². The fourth-order valence-electron chi connectivity index (χ4n) is 2.68. The molecule has 3 aromatic rings. The molecular formula is C20H13BrClN3O2. The molecule has 2 heterocycles. The first-order chi connectivity index (χ1) is 13.0. The fraction of sp³-hybridized carbons (Fsp3) is 0.0500. The number of esters is 1. The number of aliphatic imine (C=N–C) groups is 1. The van der Waals surface area contributed by atoms with Crippen molar-refractivity contribution in [1.29, 1.82) is 0 Å². The molecule has 1 aliphatic rings. The van der Waals surface area contributed by atoms with Gasteiger partial charge in [-0.15, -0.1) is 0 Å². The Morgan fingerprint density at radius 1 is 1.11 bits per heavy atom. The summed E-state index contributed by atoms with van der Waals surface area (Å²) >= 11 is 9.89. The van der Waals surface area contributed by atoms with E-state index in [2.05, 4.69) is 26.0 Å². The predicted octanol–water partition coefficient (Wildman–Crippen LogP) is 4.94. The number of nitrogens with zero attached hydrogens (tertiary/aromatic N) is 3. The Bertz CT molecular complexity index is 1090. The Balaban J connectivity index is 1.72. The maximum atomic E-state index is 12.2. The minimum Gasteiger partial charge on any atom is -0.402 e. The van der Waals surface area contributed by atoms with Crippen LogP contribution in [0.5, 0.6) is 0 Å². The molecule has 7 heteroatoms. The molecule has 0 bridgehead atoms. The summed E-state index contributed by atoms with van der Waals surface area (Å²) < 4.78 is 7.86. The molecule has 2 aromatic carbocycles. The number of aryl methyl sites for hydroxylation is 1. The minimum absolute atomic E-state index is 0.186. The van der Waals surface area contributed by atoms with Crippen LogP contribution >= 0.6 is 27.5 Å². The average molecular weight is 443 g/mol. The first-order valence-corrected chi connectivity index (χ1v) is 9.29. The van der Waals surface area contributed by atoms with E-state index in [0.717, 1.165) is 15.7 Å². The summed E-state index contributed by atoms with van der Waals surface area (Å²) in [6.07, 6.45) is 1.61. The highest BCUT2D eigenvalue weighted by atomic mass is 79.9. The van der Waals surface area contributed by atoms with Gasteiger partial charge in [0.15, 0.2) is 5.70 Å². The highest BCUT2D eigenvalue weighted by molar-refractivity contribution is 9.10. The number of aromatic nitrogens is 2. The van der Waals surface area contributed by atoms with Gasteiger partial charge in [-0.25, -0.2) is 14.5 Å². The molecule has 4 rings (SSSR count). The standard InChI is InChI=1S/C20H13BrClN3O2/c1-12-16(18(22)25(24-12)15-5-3-2-4-6-15)11-17-20(26)27-19(23-17)13-7-9-14(21)10-8-13/h2-11H,1H3/b17-11-. The quantitative estimate of drug-likeness (QED) is 0.426. The third-order valence-electron chi connectivity index (χ3n) is 4.04. The van der Waals surface area contributed by atoms with E-state index >= 15 is 0 Å². The molecule has 0 amide bonds. The zero-order valence-corrected chi connectivity index (χ0v) is 16.5. The largest absolute Gasteiger partial charge is 0.402 e. The molecule has 1 aliphatic heterocycles. The number of hydrogen-bond acceptors (Lipinski definition) is 4. The number of benzene rings is 2. The van der Waals surface area contributed by atoms with Crippen molar-refractivity contribution in [3.63, 3.8) is 0 Å². The molecule has 0 radical (unpaired) electrons. The molecule has 0 saturated heterocycles. The Labute approximate surface area is 169 Å². The number of halogens is 2. The van der Waals surface area contributed by atoms with Gasteiger partial charge >= 0.3 is 5.97 Å². The molecule has 0 atom stereocenters. The second kappa shape index (κ2) is 7.13. The molecule has 0 spiro atoms. The van der Waals surface area contributed by atoms with Gasteiger partial charge in [-0.1, -0.05) is 45.7 Å². The number of carbonyl (C=O) groups excluding carboxylic acids is 1. The lowest BCUT2D eigenvalue weighted by Gasteiger charge is -2.01. The van der Waals surface area contributed by atoms with Gasteiger partial charge in [0, 0.05) is 15.6 Å². The van der Waals surface area contributed by atoms with Crippen molar-refractivity contribution < 1.29 is 9.53 Å². The molecule has 27 heavy (non-hydrogen) atoms. The molecule has 0 N–H and O–H groups in total. The van der Waals surface area contributed by atoms with Crippen LogP contribution in [0.15, 0.2) is 69.8 Å². The van der Waals surface area contributed by atoms with Crippen LogP contribution in [-0.4, -0.2) is 21.6 Å². The van der Waals surface area contributed by atoms with Gasteiger partial charge in [0.05, 0.1) is 11.4 Å². The van der Waals surface area contributed by atoms with E-state index in [9.17, 15) is 4.79 Å². The van der Waals surface area contributed by atoms with E-state index in [4.69, 9.17) is 16.3 Å². The predicted molar refractivity (Wildman–Crippen MR) is 108 cm³/mol. The SMILES string of the molecule is Cc1nn(-c2ccccc2)c(Cl)c1/C=C1\N=C(c2ccc(Br)cc2)OC1=O. The fourth-order valence-corrected chi connectivity index (χ4v) is 3.27. The van der Waals surface area contributed by atoms with Gasteiger partial charge in [-0.2, -0.15) is 5.10 Å². The van der Waals surface area contributed by atoms with Gasteiger partial charge in [-0.3, -0.25) is 0 Å². The topological polar surface area (TPSA) is 56.5 Å². The van der Waals surface area contributed by atoms with Crippen molar-refractivity contribution in [2.75, 3.05) is 0 Å². The lowest BCUT2D eigenvalue weighted by atomic mass is 10.2. The highest BCUT2D eigenvalue weighted by Gasteiger charge is 2.25. The number of rotatable bonds is 3. The summed E-state index contributed by atoms with van der Waals surface area (Å²) in [5.74, 6) is -0.251. The first-order valence-electron chi connectivity index (χ1n) is 8.12. The third kappa shape index (κ3) is 3.46. The van der Waals surface area contributed by atoms with Crippen LogP contribution in [-0.2, 0) is 9.53 Å². The zero-order chi connectivity index (χ0) is 19.0. The number of ether oxygens (including phenoxy) is 1. The van der Waals surface area contributed by atoms with E-state index in [1.54, 1.807) is 10.8 Å². The number of para-hydroxylation sites is 1. The molecule has 0 fully saturated rings. The Kier molecular flexibility index (Phi) is 4.68. The second-order valence-corrected chi connectivity index (χ2v) is 7.15. The summed E-state index contributed by atoms with van der Waals surface area (Å²) in [5.41, 5.74) is 3.07. The molecule has 5 nitrogen and oxygen atoms in total. The van der Waals surface area contributed by atoms with Crippen molar-refractivity contribution in [2.45, 2.75) is 6.92 Å². The minimum atomic E-state index is -0.518. The van der Waals surface area contributed by atoms with Gasteiger partial charge in [-0.05, 0) is 49.4 Å². The van der Waals surface area contributed by atoms with Gasteiger partial charge < -0.3 is 4.74 Å². The normalized spacial score (nSPS) is 15.1. The van der Waals surface area contributed by atoms with Crippen molar-refractivity contribution in [3.8, 4) is 5.69 Å². The van der Waals surface area contributed by atoms with E-state index in [-0.39, 0.29) is 11.6 Å². The zero-order valence-electron chi connectivity index (χ0n) is 14.2. The van der Waals surface area contributed by atoms with Crippen molar-refractivity contribution in [1.82, 2.24) is 9.78 Å². The molecule has 0 saturated carbocycles.